The molecule has 0 unspecified atom stereocenters. The van der Waals surface area contributed by atoms with E-state index in [4.69, 9.17) is 4.12 Å². The first-order valence-electron chi connectivity index (χ1n) is 5.87. The lowest BCUT2D eigenvalue weighted by molar-refractivity contribution is 0.565. The predicted octanol–water partition coefficient (Wildman–Crippen LogP) is 3.27. The van der Waals surface area contributed by atoms with Crippen molar-refractivity contribution in [1.82, 2.24) is 4.98 Å². The zero-order valence-electron chi connectivity index (χ0n) is 11.5. The quantitative estimate of drug-likeness (QED) is 0.562. The van der Waals surface area contributed by atoms with Gasteiger partial charge in [-0.3, -0.25) is 0 Å². The monoisotopic (exact) mass is 262 g/mol. The van der Waals surface area contributed by atoms with Gasteiger partial charge >= 0.3 is 0 Å². The van der Waals surface area contributed by atoms with E-state index < -0.39 is 25.6 Å². The van der Waals surface area contributed by atoms with Gasteiger partial charge in [-0.1, -0.05) is 19.6 Å². The first-order chi connectivity index (χ1) is 6.62. The summed E-state index contributed by atoms with van der Waals surface area (Å²) >= 11 is 0. The van der Waals surface area contributed by atoms with Crippen molar-refractivity contribution in [3.8, 4) is 0 Å². The van der Waals surface area contributed by atoms with Crippen molar-refractivity contribution in [2.45, 2.75) is 58.3 Å². The van der Waals surface area contributed by atoms with E-state index in [9.17, 15) is 0 Å². The molecule has 0 saturated heterocycles. The molecule has 0 aromatic carbocycles. The Bertz CT molecular complexity index is 178. The zero-order valence-corrected chi connectivity index (χ0v) is 14.5. The topological polar surface area (TPSA) is 21.3 Å². The van der Waals surface area contributed by atoms with Gasteiger partial charge in [0.1, 0.15) is 8.24 Å². The van der Waals surface area contributed by atoms with Gasteiger partial charge in [-0.15, -0.1) is 0 Å². The van der Waals surface area contributed by atoms with Crippen LogP contribution in [0.5, 0.6) is 0 Å². The van der Waals surface area contributed by atoms with E-state index in [0.717, 1.165) is 0 Å². The number of rotatable bonds is 7. The summed E-state index contributed by atoms with van der Waals surface area (Å²) in [5.74, 6) is 0. The smallest absolute Gasteiger partial charge is 0.191 e. The molecular weight excluding hydrogens is 234 g/mol. The summed E-state index contributed by atoms with van der Waals surface area (Å²) < 4.78 is 6.09. The molecule has 0 atom stereocenters. The molecule has 0 aromatic rings. The van der Waals surface area contributed by atoms with Crippen LogP contribution >= 0.6 is 0 Å². The van der Waals surface area contributed by atoms with Gasteiger partial charge in [0.25, 0.3) is 0 Å². The molecule has 0 bridgehead atoms. The van der Waals surface area contributed by atoms with Gasteiger partial charge in [-0.2, -0.15) is 0 Å². The van der Waals surface area contributed by atoms with E-state index in [1.807, 2.05) is 0 Å². The summed E-state index contributed by atoms with van der Waals surface area (Å²) in [6, 6.07) is 1.29. The van der Waals surface area contributed by atoms with Gasteiger partial charge in [-0.25, -0.2) is 0 Å². The number of nitrogens with one attached hydrogen (secondary N) is 1. The van der Waals surface area contributed by atoms with Gasteiger partial charge in [0, 0.05) is 0 Å². The van der Waals surface area contributed by atoms with E-state index in [1.165, 1.54) is 19.0 Å². The minimum absolute atomic E-state index is 0.506. The van der Waals surface area contributed by atoms with Crippen LogP contribution in [0.1, 0.15) is 6.42 Å². The van der Waals surface area contributed by atoms with Crippen LogP contribution in [0.3, 0.4) is 0 Å². The van der Waals surface area contributed by atoms with Gasteiger partial charge in [0.2, 0.25) is 0 Å². The fraction of sp³-hybridized carbons (Fsp3) is 1.00. The average Bonchev–Trinajstić information content (AvgIpc) is 1.93. The third-order valence-electron chi connectivity index (χ3n) is 2.09. The van der Waals surface area contributed by atoms with E-state index in [0.29, 0.717) is 0 Å². The lowest BCUT2D eigenvalue weighted by Crippen LogP contribution is -2.42. The second-order valence-corrected chi connectivity index (χ2v) is 17.6. The Morgan fingerprint density at radius 3 is 2.00 bits per heavy atom. The molecule has 0 aliphatic carbocycles. The van der Waals surface area contributed by atoms with Crippen molar-refractivity contribution >= 4 is 25.6 Å². The maximum atomic E-state index is 6.09. The van der Waals surface area contributed by atoms with Crippen molar-refractivity contribution in [3.05, 3.63) is 0 Å². The van der Waals surface area contributed by atoms with E-state index in [-0.39, 0.29) is 0 Å². The van der Waals surface area contributed by atoms with Crippen LogP contribution in [-0.4, -0.2) is 32.1 Å². The Hall–Kier alpha value is 0.571. The molecule has 1 N–H and O–H groups in total. The minimum atomic E-state index is -1.34. The fourth-order valence-electron chi connectivity index (χ4n) is 1.58. The molecular formula is C10H28NOSi3. The van der Waals surface area contributed by atoms with Crippen molar-refractivity contribution in [3.63, 3.8) is 0 Å². The Morgan fingerprint density at radius 2 is 1.60 bits per heavy atom. The molecule has 0 amide bonds. The van der Waals surface area contributed by atoms with Gasteiger partial charge in [0.05, 0.1) is 0 Å². The van der Waals surface area contributed by atoms with Gasteiger partial charge in [-0.05, 0) is 45.2 Å². The van der Waals surface area contributed by atoms with Crippen molar-refractivity contribution < 1.29 is 4.12 Å². The Morgan fingerprint density at radius 1 is 1.07 bits per heavy atom. The molecule has 2 nitrogen and oxygen atoms in total. The highest BCUT2D eigenvalue weighted by Crippen LogP contribution is 2.14. The summed E-state index contributed by atoms with van der Waals surface area (Å²) in [4.78, 5) is 3.66. The molecule has 0 fully saturated rings. The molecule has 0 aliphatic rings. The standard InChI is InChI=1S/C10H28NOSi3/c1-13(2)12-15(6,7)10-8-9-11-14(3,4)5/h11H,8-10H2,1-7H3. The largest absolute Gasteiger partial charge is 0.456 e. The first-order valence-corrected chi connectivity index (χ1v) is 14.9. The summed E-state index contributed by atoms with van der Waals surface area (Å²) in [5, 5.41) is 0. The van der Waals surface area contributed by atoms with Gasteiger partial charge in [0.15, 0.2) is 17.4 Å². The fourth-order valence-corrected chi connectivity index (χ4v) is 8.37. The van der Waals surface area contributed by atoms with Crippen molar-refractivity contribution in [2.75, 3.05) is 6.54 Å². The highest BCUT2D eigenvalue weighted by Gasteiger charge is 2.23. The lowest BCUT2D eigenvalue weighted by atomic mass is 10.5. The summed E-state index contributed by atoms with van der Waals surface area (Å²) in [6.07, 6.45) is 1.28. The molecule has 0 heterocycles. The Balaban J connectivity index is 3.66. The predicted molar refractivity (Wildman–Crippen MR) is 76.8 cm³/mol. The number of hydrogen-bond donors (Lipinski definition) is 1. The van der Waals surface area contributed by atoms with E-state index in [2.05, 4.69) is 50.8 Å². The first kappa shape index (κ1) is 15.6. The van der Waals surface area contributed by atoms with Crippen LogP contribution in [0.15, 0.2) is 0 Å². The molecule has 0 saturated carbocycles. The van der Waals surface area contributed by atoms with Crippen LogP contribution in [0.4, 0.5) is 0 Å². The Labute approximate surface area is 99.8 Å². The van der Waals surface area contributed by atoms with E-state index in [1.54, 1.807) is 0 Å². The number of hydrogen-bond acceptors (Lipinski definition) is 2. The molecule has 0 aromatic heterocycles. The highest BCUT2D eigenvalue weighted by molar-refractivity contribution is 6.77. The summed E-state index contributed by atoms with van der Waals surface area (Å²) in [6.45, 7) is 17.4. The molecule has 0 rings (SSSR count). The summed E-state index contributed by atoms with van der Waals surface area (Å²) in [5.41, 5.74) is 0. The van der Waals surface area contributed by atoms with Gasteiger partial charge < -0.3 is 9.10 Å². The van der Waals surface area contributed by atoms with Crippen molar-refractivity contribution in [2.24, 2.45) is 0 Å². The molecule has 0 spiro atoms. The normalized spacial score (nSPS) is 13.6. The molecule has 1 radical (unpaired) electrons. The third-order valence-corrected chi connectivity index (χ3v) is 8.80. The van der Waals surface area contributed by atoms with Crippen LogP contribution in [0.25, 0.3) is 0 Å². The maximum absolute atomic E-state index is 6.09. The van der Waals surface area contributed by atoms with Crippen molar-refractivity contribution in [1.29, 1.82) is 0 Å². The third kappa shape index (κ3) is 10.8. The van der Waals surface area contributed by atoms with Crippen LogP contribution in [0.2, 0.25) is 51.9 Å². The Kier molecular flexibility index (Phi) is 6.58. The van der Waals surface area contributed by atoms with Crippen LogP contribution < -0.4 is 4.98 Å². The second-order valence-electron chi connectivity index (χ2n) is 6.05. The maximum Gasteiger partial charge on any atom is 0.191 e. The van der Waals surface area contributed by atoms with Crippen LogP contribution in [-0.2, 0) is 4.12 Å². The highest BCUT2D eigenvalue weighted by atomic mass is 28.4. The average molecular weight is 263 g/mol. The summed E-state index contributed by atoms with van der Waals surface area (Å²) in [7, 11) is -2.90. The van der Waals surface area contributed by atoms with Crippen LogP contribution in [0, 0.1) is 0 Å². The molecule has 91 valence electrons. The molecule has 15 heavy (non-hydrogen) atoms. The second kappa shape index (κ2) is 6.34. The minimum Gasteiger partial charge on any atom is -0.456 e. The lowest BCUT2D eigenvalue weighted by Gasteiger charge is -2.26. The SMILES string of the molecule is C[Si](C)O[Si](C)(C)CCCN[Si](C)(C)C. The molecule has 5 heteroatoms. The van der Waals surface area contributed by atoms with E-state index >= 15 is 0 Å². The molecule has 0 aliphatic heterocycles. The zero-order chi connectivity index (χ0) is 12.1.